The maximum Gasteiger partial charge on any atom is 0.191 e. The summed E-state index contributed by atoms with van der Waals surface area (Å²) in [4.78, 5) is 4.40. The summed E-state index contributed by atoms with van der Waals surface area (Å²) < 4.78 is 0. The maximum absolute atomic E-state index is 4.40. The van der Waals surface area contributed by atoms with Gasteiger partial charge in [0.05, 0.1) is 0 Å². The zero-order valence-electron chi connectivity index (χ0n) is 12.7. The Hall–Kier alpha value is -0.780. The second kappa shape index (κ2) is 7.86. The number of rotatable bonds is 3. The van der Waals surface area contributed by atoms with Gasteiger partial charge < -0.3 is 10.6 Å². The van der Waals surface area contributed by atoms with Crippen LogP contribution in [0.2, 0.25) is 0 Å². The minimum Gasteiger partial charge on any atom is -0.356 e. The van der Waals surface area contributed by atoms with E-state index in [-0.39, 0.29) is 29.4 Å². The summed E-state index contributed by atoms with van der Waals surface area (Å²) in [6.07, 6.45) is 2.17. The van der Waals surface area contributed by atoms with Crippen molar-refractivity contribution in [1.29, 1.82) is 0 Å². The van der Waals surface area contributed by atoms with E-state index in [1.54, 1.807) is 0 Å². The molecule has 0 unspecified atom stereocenters. The van der Waals surface area contributed by atoms with E-state index in [0.717, 1.165) is 38.4 Å². The molecule has 0 radical (unpaired) electrons. The van der Waals surface area contributed by atoms with Gasteiger partial charge in [0.2, 0.25) is 0 Å². The summed E-state index contributed by atoms with van der Waals surface area (Å²) in [5, 5.41) is 6.63. The van der Waals surface area contributed by atoms with E-state index < -0.39 is 0 Å². The summed E-state index contributed by atoms with van der Waals surface area (Å²) in [6.45, 7) is 9.64. The first-order chi connectivity index (χ1) is 9.05. The van der Waals surface area contributed by atoms with Crippen molar-refractivity contribution in [2.45, 2.75) is 39.0 Å². The molecule has 4 heteroatoms. The number of nitrogens with one attached hydrogen (secondary N) is 2. The third-order valence-corrected chi connectivity index (χ3v) is 3.42. The Morgan fingerprint density at radius 1 is 1.20 bits per heavy atom. The molecular weight excluding hydrogens is 361 g/mol. The van der Waals surface area contributed by atoms with Gasteiger partial charge in [-0.25, -0.2) is 0 Å². The van der Waals surface area contributed by atoms with Gasteiger partial charge in [0.15, 0.2) is 5.96 Å². The lowest BCUT2D eigenvalue weighted by molar-refractivity contribution is 0.590. The number of hydrogen-bond donors (Lipinski definition) is 2. The van der Waals surface area contributed by atoms with Crippen LogP contribution in [0.5, 0.6) is 0 Å². The maximum atomic E-state index is 4.40. The van der Waals surface area contributed by atoms with Gasteiger partial charge in [-0.05, 0) is 29.4 Å². The zero-order chi connectivity index (χ0) is 13.7. The van der Waals surface area contributed by atoms with E-state index in [1.165, 1.54) is 11.1 Å². The molecule has 1 aromatic carbocycles. The average molecular weight is 387 g/mol. The third kappa shape index (κ3) is 5.31. The molecule has 2 rings (SSSR count). The van der Waals surface area contributed by atoms with E-state index >= 15 is 0 Å². The Morgan fingerprint density at radius 3 is 2.45 bits per heavy atom. The Balaban J connectivity index is 0.00000200. The fourth-order valence-electron chi connectivity index (χ4n) is 2.15. The van der Waals surface area contributed by atoms with Crippen LogP contribution in [0.4, 0.5) is 0 Å². The number of aliphatic imine (C=N–C) groups is 1. The molecule has 0 amide bonds. The summed E-state index contributed by atoms with van der Waals surface area (Å²) in [6, 6.07) is 8.95. The molecule has 1 aliphatic heterocycles. The molecule has 0 saturated heterocycles. The third-order valence-electron chi connectivity index (χ3n) is 3.42. The summed E-state index contributed by atoms with van der Waals surface area (Å²) in [7, 11) is 0. The average Bonchev–Trinajstić information content (AvgIpc) is 2.39. The zero-order valence-corrected chi connectivity index (χ0v) is 15.0. The molecule has 1 aromatic rings. The van der Waals surface area contributed by atoms with Crippen LogP contribution in [-0.4, -0.2) is 25.6 Å². The van der Waals surface area contributed by atoms with E-state index in [2.05, 4.69) is 60.7 Å². The van der Waals surface area contributed by atoms with E-state index in [4.69, 9.17) is 0 Å². The number of guanidine groups is 1. The molecule has 1 aliphatic rings. The molecule has 3 nitrogen and oxygen atoms in total. The van der Waals surface area contributed by atoms with Crippen molar-refractivity contribution < 1.29 is 0 Å². The smallest absolute Gasteiger partial charge is 0.191 e. The molecular formula is C16H26IN3. The van der Waals surface area contributed by atoms with E-state index in [1.807, 2.05) is 0 Å². The first-order valence-electron chi connectivity index (χ1n) is 7.17. The monoisotopic (exact) mass is 387 g/mol. The van der Waals surface area contributed by atoms with Crippen LogP contribution >= 0.6 is 24.0 Å². The Labute approximate surface area is 139 Å². The fraction of sp³-hybridized carbons (Fsp3) is 0.562. The number of halogens is 1. The molecule has 0 bridgehead atoms. The summed E-state index contributed by atoms with van der Waals surface area (Å²) in [5.41, 5.74) is 3.00. The van der Waals surface area contributed by atoms with Crippen molar-refractivity contribution >= 4 is 29.9 Å². The van der Waals surface area contributed by atoms with Gasteiger partial charge in [-0.1, -0.05) is 45.0 Å². The van der Waals surface area contributed by atoms with Gasteiger partial charge in [0.25, 0.3) is 0 Å². The van der Waals surface area contributed by atoms with Crippen LogP contribution in [0.1, 0.15) is 38.3 Å². The standard InChI is InChI=1S/C16H25N3.HI/c1-16(2,3)14-7-5-13(6-8-14)9-12-19-15-17-10-4-11-18-15;/h5-8H,4,9-12H2,1-3H3,(H2,17,18,19);1H. The highest BCUT2D eigenvalue weighted by atomic mass is 127. The van der Waals surface area contributed by atoms with Crippen molar-refractivity contribution in [1.82, 2.24) is 10.6 Å². The highest BCUT2D eigenvalue weighted by molar-refractivity contribution is 14.0. The number of benzene rings is 1. The second-order valence-corrected chi connectivity index (χ2v) is 6.13. The first-order valence-corrected chi connectivity index (χ1v) is 7.17. The van der Waals surface area contributed by atoms with Crippen molar-refractivity contribution in [2.24, 2.45) is 4.99 Å². The molecule has 0 saturated carbocycles. The molecule has 112 valence electrons. The lowest BCUT2D eigenvalue weighted by atomic mass is 9.86. The van der Waals surface area contributed by atoms with Crippen LogP contribution in [0.25, 0.3) is 0 Å². The van der Waals surface area contributed by atoms with Crippen LogP contribution < -0.4 is 10.6 Å². The van der Waals surface area contributed by atoms with Gasteiger partial charge in [0.1, 0.15) is 0 Å². The normalized spacial score (nSPS) is 14.8. The van der Waals surface area contributed by atoms with E-state index in [0.29, 0.717) is 0 Å². The predicted molar refractivity (Wildman–Crippen MR) is 97.2 cm³/mol. The van der Waals surface area contributed by atoms with Crippen LogP contribution in [0.3, 0.4) is 0 Å². The molecule has 0 fully saturated rings. The minimum atomic E-state index is 0. The fourth-order valence-corrected chi connectivity index (χ4v) is 2.15. The molecule has 1 heterocycles. The van der Waals surface area contributed by atoms with Crippen molar-refractivity contribution in [2.75, 3.05) is 19.6 Å². The summed E-state index contributed by atoms with van der Waals surface area (Å²) in [5.74, 6) is 0.956. The quantitative estimate of drug-likeness (QED) is 0.783. The van der Waals surface area contributed by atoms with Crippen LogP contribution in [0, 0.1) is 0 Å². The second-order valence-electron chi connectivity index (χ2n) is 6.13. The molecule has 0 aliphatic carbocycles. The highest BCUT2D eigenvalue weighted by Crippen LogP contribution is 2.22. The number of hydrogen-bond acceptors (Lipinski definition) is 3. The van der Waals surface area contributed by atoms with Gasteiger partial charge in [-0.2, -0.15) is 0 Å². The lowest BCUT2D eigenvalue weighted by Crippen LogP contribution is -2.41. The Morgan fingerprint density at radius 2 is 1.90 bits per heavy atom. The summed E-state index contributed by atoms with van der Waals surface area (Å²) >= 11 is 0. The van der Waals surface area contributed by atoms with Crippen molar-refractivity contribution in [3.8, 4) is 0 Å². The topological polar surface area (TPSA) is 36.4 Å². The lowest BCUT2D eigenvalue weighted by Gasteiger charge is -2.19. The Kier molecular flexibility index (Phi) is 6.79. The van der Waals surface area contributed by atoms with Crippen molar-refractivity contribution in [3.05, 3.63) is 35.4 Å². The molecule has 0 aromatic heterocycles. The van der Waals surface area contributed by atoms with E-state index in [9.17, 15) is 0 Å². The van der Waals surface area contributed by atoms with Gasteiger partial charge in [0, 0.05) is 19.6 Å². The highest BCUT2D eigenvalue weighted by Gasteiger charge is 2.12. The molecule has 20 heavy (non-hydrogen) atoms. The van der Waals surface area contributed by atoms with Crippen LogP contribution in [-0.2, 0) is 11.8 Å². The van der Waals surface area contributed by atoms with Crippen LogP contribution in [0.15, 0.2) is 29.3 Å². The van der Waals surface area contributed by atoms with Gasteiger partial charge in [-0.15, -0.1) is 24.0 Å². The predicted octanol–water partition coefficient (Wildman–Crippen LogP) is 3.08. The largest absolute Gasteiger partial charge is 0.356 e. The number of nitrogens with zero attached hydrogens (tertiary/aromatic N) is 1. The van der Waals surface area contributed by atoms with Crippen molar-refractivity contribution in [3.63, 3.8) is 0 Å². The first kappa shape index (κ1) is 17.3. The minimum absolute atomic E-state index is 0. The van der Waals surface area contributed by atoms with Gasteiger partial charge in [-0.3, -0.25) is 4.99 Å². The van der Waals surface area contributed by atoms with Gasteiger partial charge >= 0.3 is 0 Å². The molecule has 0 spiro atoms. The SMILES string of the molecule is CC(C)(C)c1ccc(CCNC2=NCCCN2)cc1.I. The molecule has 0 atom stereocenters. The Bertz CT molecular complexity index is 432. The molecule has 2 N–H and O–H groups in total.